The highest BCUT2D eigenvalue weighted by molar-refractivity contribution is 5.97. The molecule has 158 valence electrons. The first-order chi connectivity index (χ1) is 15.1. The van der Waals surface area contributed by atoms with Crippen LogP contribution in [0.1, 0.15) is 30.4 Å². The van der Waals surface area contributed by atoms with Crippen LogP contribution >= 0.6 is 0 Å². The molecule has 1 aliphatic heterocycles. The molecule has 6 heteroatoms. The number of fused-ring (bicyclic) bond motifs is 1. The van der Waals surface area contributed by atoms with Crippen LogP contribution in [-0.4, -0.2) is 35.1 Å². The topological polar surface area (TPSA) is 76.1 Å². The zero-order valence-corrected chi connectivity index (χ0v) is 17.6. The van der Waals surface area contributed by atoms with Gasteiger partial charge in [-0.2, -0.15) is 0 Å². The van der Waals surface area contributed by atoms with Gasteiger partial charge in [0.1, 0.15) is 11.9 Å². The van der Waals surface area contributed by atoms with Gasteiger partial charge in [0.15, 0.2) is 0 Å². The van der Waals surface area contributed by atoms with Crippen molar-refractivity contribution in [3.63, 3.8) is 0 Å². The summed E-state index contributed by atoms with van der Waals surface area (Å²) in [6.07, 6.45) is 6.54. The van der Waals surface area contributed by atoms with Crippen LogP contribution in [0.5, 0.6) is 5.88 Å². The minimum atomic E-state index is 0.0377. The lowest BCUT2D eigenvalue weighted by atomic mass is 10.0. The van der Waals surface area contributed by atoms with Crippen molar-refractivity contribution in [3.8, 4) is 17.1 Å². The van der Waals surface area contributed by atoms with Crippen molar-refractivity contribution < 1.29 is 9.53 Å². The molecule has 2 aliphatic rings. The van der Waals surface area contributed by atoms with Crippen LogP contribution < -0.4 is 15.4 Å². The van der Waals surface area contributed by atoms with E-state index in [2.05, 4.69) is 41.3 Å². The Balaban J connectivity index is 1.59. The van der Waals surface area contributed by atoms with Crippen LogP contribution in [0.15, 0.2) is 43.1 Å². The van der Waals surface area contributed by atoms with Gasteiger partial charge in [0.2, 0.25) is 11.8 Å². The largest absolute Gasteiger partial charge is 0.472 e. The summed E-state index contributed by atoms with van der Waals surface area (Å²) in [6, 6.07) is 10.1. The lowest BCUT2D eigenvalue weighted by Crippen LogP contribution is -2.20. The molecule has 31 heavy (non-hydrogen) atoms. The fourth-order valence-corrected chi connectivity index (χ4v) is 3.91. The van der Waals surface area contributed by atoms with Crippen LogP contribution in [-0.2, 0) is 4.79 Å². The first-order valence-corrected chi connectivity index (χ1v) is 10.8. The molecule has 2 fully saturated rings. The van der Waals surface area contributed by atoms with Gasteiger partial charge in [0.05, 0.1) is 5.69 Å². The van der Waals surface area contributed by atoms with E-state index in [0.29, 0.717) is 11.7 Å². The highest BCUT2D eigenvalue weighted by Gasteiger charge is 2.30. The molecule has 1 unspecified atom stereocenters. The summed E-state index contributed by atoms with van der Waals surface area (Å²) in [6.45, 7) is 7.70. The molecular weight excluding hydrogens is 388 g/mol. The minimum absolute atomic E-state index is 0.0377. The quantitative estimate of drug-likeness (QED) is 0.628. The van der Waals surface area contributed by atoms with E-state index in [4.69, 9.17) is 9.72 Å². The predicted octanol–water partition coefficient (Wildman–Crippen LogP) is 4.34. The Labute approximate surface area is 181 Å². The molecule has 0 spiro atoms. The van der Waals surface area contributed by atoms with Crippen LogP contribution in [0.3, 0.4) is 0 Å². The Bertz CT molecular complexity index is 1160. The molecule has 1 saturated carbocycles. The average molecular weight is 415 g/mol. The number of nitrogens with one attached hydrogen (secondary N) is 2. The lowest BCUT2D eigenvalue weighted by Gasteiger charge is -2.16. The molecule has 5 rings (SSSR count). The molecule has 3 aromatic rings. The second-order valence-corrected chi connectivity index (χ2v) is 8.38. The van der Waals surface area contributed by atoms with E-state index in [0.717, 1.165) is 65.5 Å². The molecule has 2 N–H and O–H groups in total. The van der Waals surface area contributed by atoms with E-state index in [1.807, 2.05) is 24.3 Å². The molecule has 1 saturated heterocycles. The first kappa shape index (κ1) is 19.7. The lowest BCUT2D eigenvalue weighted by molar-refractivity contribution is -0.117. The maximum absolute atomic E-state index is 12.2. The number of aryl methyl sites for hydroxylation is 1. The number of aromatic nitrogens is 2. The number of pyridine rings is 2. The number of rotatable bonds is 6. The van der Waals surface area contributed by atoms with Gasteiger partial charge < -0.3 is 15.4 Å². The number of anilines is 1. The van der Waals surface area contributed by atoms with E-state index < -0.39 is 0 Å². The monoisotopic (exact) mass is 414 g/mol. The minimum Gasteiger partial charge on any atom is -0.472 e. The standard InChI is InChI=1S/C25H26N4O2/c1-3-16-5-4-15(2)20(10-16)22-11-18-13-27-23(29-24(30)17-6-7-17)12-21(18)25(28-22)31-19-8-9-26-14-19/h3-5,10-13,17,19,26H,1,6-9,14H2,2H3,(H,27,29,30). The summed E-state index contributed by atoms with van der Waals surface area (Å²) in [4.78, 5) is 21.6. The summed E-state index contributed by atoms with van der Waals surface area (Å²) in [5.74, 6) is 1.28. The van der Waals surface area contributed by atoms with Crippen molar-refractivity contribution in [1.82, 2.24) is 15.3 Å². The molecule has 6 nitrogen and oxygen atoms in total. The van der Waals surface area contributed by atoms with Gasteiger partial charge in [0, 0.05) is 35.0 Å². The van der Waals surface area contributed by atoms with E-state index >= 15 is 0 Å². The first-order valence-electron chi connectivity index (χ1n) is 10.8. The van der Waals surface area contributed by atoms with Crippen molar-refractivity contribution in [3.05, 3.63) is 54.2 Å². The number of carbonyl (C=O) groups excluding carboxylic acids is 1. The Hall–Kier alpha value is -3.25. The fraction of sp³-hybridized carbons (Fsp3) is 0.320. The van der Waals surface area contributed by atoms with Gasteiger partial charge in [-0.1, -0.05) is 24.8 Å². The van der Waals surface area contributed by atoms with Gasteiger partial charge in [-0.15, -0.1) is 0 Å². The number of amides is 1. The Morgan fingerprint density at radius 2 is 2.13 bits per heavy atom. The smallest absolute Gasteiger partial charge is 0.228 e. The number of ether oxygens (including phenoxy) is 1. The van der Waals surface area contributed by atoms with Crippen molar-refractivity contribution in [1.29, 1.82) is 0 Å². The summed E-state index contributed by atoms with van der Waals surface area (Å²) in [7, 11) is 0. The molecule has 0 radical (unpaired) electrons. The summed E-state index contributed by atoms with van der Waals surface area (Å²) < 4.78 is 6.33. The van der Waals surface area contributed by atoms with E-state index in [9.17, 15) is 4.79 Å². The summed E-state index contributed by atoms with van der Waals surface area (Å²) in [5.41, 5.74) is 4.06. The molecule has 1 atom stereocenters. The van der Waals surface area contributed by atoms with E-state index in [1.165, 1.54) is 0 Å². The number of nitrogens with zero attached hydrogens (tertiary/aromatic N) is 2. The molecule has 1 amide bonds. The highest BCUT2D eigenvalue weighted by atomic mass is 16.5. The van der Waals surface area contributed by atoms with E-state index in [1.54, 1.807) is 6.20 Å². The van der Waals surface area contributed by atoms with E-state index in [-0.39, 0.29) is 17.9 Å². The third-order valence-corrected chi connectivity index (χ3v) is 5.95. The zero-order chi connectivity index (χ0) is 21.4. The van der Waals surface area contributed by atoms with Gasteiger partial charge in [-0.3, -0.25) is 4.79 Å². The van der Waals surface area contributed by atoms with Crippen LogP contribution in [0.25, 0.3) is 28.1 Å². The fourth-order valence-electron chi connectivity index (χ4n) is 3.91. The van der Waals surface area contributed by atoms with Crippen LogP contribution in [0, 0.1) is 12.8 Å². The number of hydrogen-bond acceptors (Lipinski definition) is 5. The molecular formula is C25H26N4O2. The normalized spacial score (nSPS) is 18.2. The molecule has 3 heterocycles. The average Bonchev–Trinajstić information content (AvgIpc) is 3.51. The maximum Gasteiger partial charge on any atom is 0.228 e. The third kappa shape index (κ3) is 4.16. The number of benzene rings is 1. The SMILES string of the molecule is C=Cc1ccc(C)c(-c2cc3cnc(NC(=O)C4CC4)cc3c(OC3CCNC3)n2)c1. The Kier molecular flexibility index (Phi) is 5.16. The molecule has 0 bridgehead atoms. The number of carbonyl (C=O) groups is 1. The van der Waals surface area contributed by atoms with Gasteiger partial charge in [-0.05, 0) is 62.1 Å². The second-order valence-electron chi connectivity index (χ2n) is 8.38. The third-order valence-electron chi connectivity index (χ3n) is 5.95. The van der Waals surface area contributed by atoms with Crippen molar-refractivity contribution in [2.45, 2.75) is 32.3 Å². The van der Waals surface area contributed by atoms with Gasteiger partial charge in [-0.25, -0.2) is 9.97 Å². The highest BCUT2D eigenvalue weighted by Crippen LogP contribution is 2.34. The molecule has 1 aliphatic carbocycles. The molecule has 2 aromatic heterocycles. The van der Waals surface area contributed by atoms with Crippen molar-refractivity contribution in [2.24, 2.45) is 5.92 Å². The van der Waals surface area contributed by atoms with Gasteiger partial charge >= 0.3 is 0 Å². The summed E-state index contributed by atoms with van der Waals surface area (Å²) >= 11 is 0. The predicted molar refractivity (Wildman–Crippen MR) is 123 cm³/mol. The zero-order valence-electron chi connectivity index (χ0n) is 17.6. The Morgan fingerprint density at radius 1 is 1.26 bits per heavy atom. The maximum atomic E-state index is 12.2. The van der Waals surface area contributed by atoms with Crippen LogP contribution in [0.4, 0.5) is 5.82 Å². The van der Waals surface area contributed by atoms with Crippen molar-refractivity contribution >= 4 is 28.6 Å². The van der Waals surface area contributed by atoms with Crippen LogP contribution in [0.2, 0.25) is 0 Å². The summed E-state index contributed by atoms with van der Waals surface area (Å²) in [5, 5.41) is 8.05. The second kappa shape index (κ2) is 8.12. The Morgan fingerprint density at radius 3 is 2.87 bits per heavy atom. The van der Waals surface area contributed by atoms with Gasteiger partial charge in [0.25, 0.3) is 0 Å². The molecule has 1 aromatic carbocycles. The van der Waals surface area contributed by atoms with Crippen molar-refractivity contribution in [2.75, 3.05) is 18.4 Å². The number of hydrogen-bond donors (Lipinski definition) is 2.